The summed E-state index contributed by atoms with van der Waals surface area (Å²) >= 11 is 0. The van der Waals surface area contributed by atoms with Crippen LogP contribution >= 0.6 is 15.2 Å². The van der Waals surface area contributed by atoms with E-state index in [0.717, 1.165) is 5.56 Å². The number of nitrogens with zero attached hydrogens (tertiary/aromatic N) is 1. The fourth-order valence-electron chi connectivity index (χ4n) is 2.73. The summed E-state index contributed by atoms with van der Waals surface area (Å²) in [6.07, 6.45) is -0.0327. The maximum Gasteiger partial charge on any atom is 0.345 e. The summed E-state index contributed by atoms with van der Waals surface area (Å²) in [7, 11) is -7.72. The molecule has 0 bridgehead atoms. The Morgan fingerprint density at radius 2 is 1.26 bits per heavy atom. The second-order valence-electron chi connectivity index (χ2n) is 5.56. The first-order valence-electron chi connectivity index (χ1n) is 9.12. The van der Waals surface area contributed by atoms with E-state index in [1.807, 2.05) is 18.2 Å². The van der Waals surface area contributed by atoms with Crippen LogP contribution in [0.15, 0.2) is 30.3 Å². The number of hydrogen-bond donors (Lipinski definition) is 0. The Morgan fingerprint density at radius 3 is 1.59 bits per heavy atom. The summed E-state index contributed by atoms with van der Waals surface area (Å²) < 4.78 is 48.8. The summed E-state index contributed by atoms with van der Waals surface area (Å²) in [5.74, 6) is -0.667. The predicted octanol–water partition coefficient (Wildman–Crippen LogP) is 5.54. The van der Waals surface area contributed by atoms with Gasteiger partial charge < -0.3 is 18.1 Å². The first-order valence-corrected chi connectivity index (χ1v) is 12.3. The summed E-state index contributed by atoms with van der Waals surface area (Å²) in [6, 6.07) is 11.2. The van der Waals surface area contributed by atoms with Gasteiger partial charge in [-0.1, -0.05) is 30.3 Å². The molecular weight excluding hydrogens is 388 g/mol. The van der Waals surface area contributed by atoms with E-state index in [9.17, 15) is 14.4 Å². The zero-order chi connectivity index (χ0) is 20.3. The maximum atomic E-state index is 13.5. The van der Waals surface area contributed by atoms with E-state index >= 15 is 0 Å². The van der Waals surface area contributed by atoms with Crippen molar-refractivity contribution in [1.29, 1.82) is 5.26 Å². The van der Waals surface area contributed by atoms with Gasteiger partial charge >= 0.3 is 15.2 Å². The van der Waals surface area contributed by atoms with Gasteiger partial charge in [0, 0.05) is 0 Å². The second-order valence-corrected chi connectivity index (χ2v) is 10.4. The summed E-state index contributed by atoms with van der Waals surface area (Å²) in [6.45, 7) is 7.12. The fraction of sp³-hybridized carbons (Fsp3) is 0.611. The van der Waals surface area contributed by atoms with E-state index in [1.165, 1.54) is 0 Å². The standard InChI is InChI=1S/C18H29NO6P2/c1-5-22-26(20,23-6-2)18(27(21,24-7-3)25-8-4)14-17(15-19)16-12-10-9-11-13-16/h9-13,17-18H,5-8,14H2,1-4H3. The smallest absolute Gasteiger partial charge is 0.308 e. The van der Waals surface area contributed by atoms with E-state index in [1.54, 1.807) is 39.8 Å². The summed E-state index contributed by atoms with van der Waals surface area (Å²) in [5, 5.41) is 8.49. The normalized spacial score (nSPS) is 13.5. The minimum absolute atomic E-state index is 0.0327. The van der Waals surface area contributed by atoms with Crippen molar-refractivity contribution in [2.75, 3.05) is 26.4 Å². The quantitative estimate of drug-likeness (QED) is 0.389. The van der Waals surface area contributed by atoms with Crippen molar-refractivity contribution in [3.8, 4) is 6.07 Å². The Balaban J connectivity index is 3.41. The molecule has 9 heteroatoms. The van der Waals surface area contributed by atoms with Crippen LogP contribution in [0.3, 0.4) is 0 Å². The molecule has 27 heavy (non-hydrogen) atoms. The van der Waals surface area contributed by atoms with E-state index in [0.29, 0.717) is 0 Å². The monoisotopic (exact) mass is 417 g/mol. The molecule has 0 saturated heterocycles. The molecule has 0 N–H and O–H groups in total. The van der Waals surface area contributed by atoms with Gasteiger partial charge in [-0.15, -0.1) is 0 Å². The molecule has 0 aromatic heterocycles. The van der Waals surface area contributed by atoms with Crippen molar-refractivity contribution in [3.63, 3.8) is 0 Å². The second kappa shape index (κ2) is 11.8. The molecule has 0 aliphatic rings. The number of rotatable bonds is 13. The van der Waals surface area contributed by atoms with Crippen molar-refractivity contribution in [2.24, 2.45) is 0 Å². The number of benzene rings is 1. The Morgan fingerprint density at radius 1 is 0.852 bits per heavy atom. The minimum Gasteiger partial charge on any atom is -0.308 e. The van der Waals surface area contributed by atoms with Crippen molar-refractivity contribution < 1.29 is 27.2 Å². The predicted molar refractivity (Wildman–Crippen MR) is 105 cm³/mol. The molecule has 0 aliphatic heterocycles. The fourth-order valence-corrected chi connectivity index (χ4v) is 8.13. The molecule has 0 amide bonds. The maximum absolute atomic E-state index is 13.5. The Kier molecular flexibility index (Phi) is 10.5. The molecule has 7 nitrogen and oxygen atoms in total. The largest absolute Gasteiger partial charge is 0.345 e. The van der Waals surface area contributed by atoms with Crippen molar-refractivity contribution in [3.05, 3.63) is 35.9 Å². The topological polar surface area (TPSA) is 94.9 Å². The molecule has 1 aromatic rings. The van der Waals surface area contributed by atoms with Gasteiger partial charge in [0.05, 0.1) is 38.4 Å². The van der Waals surface area contributed by atoms with Crippen LogP contribution in [0, 0.1) is 11.3 Å². The van der Waals surface area contributed by atoms with Gasteiger partial charge in [-0.25, -0.2) is 0 Å². The van der Waals surface area contributed by atoms with Crippen LogP contribution in [0.1, 0.15) is 45.6 Å². The minimum atomic E-state index is -3.86. The van der Waals surface area contributed by atoms with Gasteiger partial charge in [0.1, 0.15) is 0 Å². The molecular formula is C18H29NO6P2. The Labute approximate surface area is 162 Å². The Bertz CT molecular complexity index is 641. The molecule has 152 valence electrons. The molecule has 1 unspecified atom stereocenters. The molecule has 0 spiro atoms. The van der Waals surface area contributed by atoms with Crippen LogP contribution in [0.2, 0.25) is 0 Å². The molecule has 1 atom stereocenters. The van der Waals surface area contributed by atoms with Gasteiger partial charge in [0.15, 0.2) is 5.40 Å². The highest BCUT2D eigenvalue weighted by molar-refractivity contribution is 7.72. The van der Waals surface area contributed by atoms with Crippen LogP contribution in [0.5, 0.6) is 0 Å². The average molecular weight is 417 g/mol. The van der Waals surface area contributed by atoms with Crippen LogP contribution in [0.25, 0.3) is 0 Å². The van der Waals surface area contributed by atoms with Gasteiger partial charge in [-0.2, -0.15) is 5.26 Å². The van der Waals surface area contributed by atoms with Crippen molar-refractivity contribution in [1.82, 2.24) is 0 Å². The third kappa shape index (κ3) is 6.54. The molecule has 1 rings (SSSR count). The lowest BCUT2D eigenvalue weighted by Gasteiger charge is -2.32. The summed E-state index contributed by atoms with van der Waals surface area (Å²) in [4.78, 5) is 0. The molecule has 0 aliphatic carbocycles. The van der Waals surface area contributed by atoms with E-state index in [-0.39, 0.29) is 32.8 Å². The first kappa shape index (κ1) is 24.0. The van der Waals surface area contributed by atoms with Crippen LogP contribution in [0.4, 0.5) is 0 Å². The van der Waals surface area contributed by atoms with E-state index < -0.39 is 26.5 Å². The lowest BCUT2D eigenvalue weighted by molar-refractivity contribution is 0.193. The third-order valence-electron chi connectivity index (χ3n) is 3.77. The molecule has 0 saturated carbocycles. The van der Waals surface area contributed by atoms with E-state index in [4.69, 9.17) is 18.1 Å². The third-order valence-corrected chi connectivity index (χ3v) is 9.82. The molecule has 0 heterocycles. The van der Waals surface area contributed by atoms with Gasteiger partial charge in [-0.3, -0.25) is 9.13 Å². The SMILES string of the molecule is CCOP(=O)(OCC)C(CC(C#N)c1ccccc1)P(=O)(OCC)OCC. The molecule has 0 radical (unpaired) electrons. The van der Waals surface area contributed by atoms with Crippen LogP contribution < -0.4 is 0 Å². The lowest BCUT2D eigenvalue weighted by atomic mass is 9.98. The lowest BCUT2D eigenvalue weighted by Crippen LogP contribution is -2.20. The van der Waals surface area contributed by atoms with Crippen LogP contribution in [-0.2, 0) is 27.2 Å². The zero-order valence-electron chi connectivity index (χ0n) is 16.4. The van der Waals surface area contributed by atoms with Crippen LogP contribution in [-0.4, -0.2) is 31.8 Å². The van der Waals surface area contributed by atoms with Gasteiger partial charge in [0.25, 0.3) is 0 Å². The zero-order valence-corrected chi connectivity index (χ0v) is 18.2. The number of hydrogen-bond acceptors (Lipinski definition) is 7. The molecule has 1 aromatic carbocycles. The highest BCUT2D eigenvalue weighted by Gasteiger charge is 2.51. The highest BCUT2D eigenvalue weighted by Crippen LogP contribution is 2.72. The van der Waals surface area contributed by atoms with Crippen molar-refractivity contribution >= 4 is 15.2 Å². The highest BCUT2D eigenvalue weighted by atomic mass is 31.2. The van der Waals surface area contributed by atoms with Gasteiger partial charge in [-0.05, 0) is 39.7 Å². The first-order chi connectivity index (χ1) is 12.9. The number of nitriles is 1. The average Bonchev–Trinajstić information content (AvgIpc) is 2.64. The van der Waals surface area contributed by atoms with E-state index in [2.05, 4.69) is 6.07 Å². The van der Waals surface area contributed by atoms with Crippen molar-refractivity contribution in [2.45, 2.75) is 45.4 Å². The Hall–Kier alpha value is -0.990. The molecule has 0 fully saturated rings. The van der Waals surface area contributed by atoms with Gasteiger partial charge in [0.2, 0.25) is 0 Å². The summed E-state index contributed by atoms with van der Waals surface area (Å²) in [5.41, 5.74) is 0.726.